The number of amides is 1. The molecule has 0 unspecified atom stereocenters. The highest BCUT2D eigenvalue weighted by atomic mass is 32.2. The second-order valence-electron chi connectivity index (χ2n) is 4.36. The van der Waals surface area contributed by atoms with Crippen LogP contribution in [0.3, 0.4) is 0 Å². The first-order valence-corrected chi connectivity index (χ1v) is 7.71. The van der Waals surface area contributed by atoms with Crippen molar-refractivity contribution in [2.24, 2.45) is 5.16 Å². The minimum Gasteiger partial charge on any atom is -0.467 e. The molecule has 11 nitrogen and oxygen atoms in total. The van der Waals surface area contributed by atoms with Gasteiger partial charge in [0.05, 0.1) is 26.5 Å². The van der Waals surface area contributed by atoms with Gasteiger partial charge in [-0.1, -0.05) is 5.16 Å². The number of rotatable bonds is 11. The van der Waals surface area contributed by atoms with Gasteiger partial charge in [0.1, 0.15) is 12.9 Å². The molecule has 0 atom stereocenters. The third-order valence-electron chi connectivity index (χ3n) is 2.78. The number of anilines is 1. The van der Waals surface area contributed by atoms with E-state index in [1.807, 2.05) is 0 Å². The average Bonchev–Trinajstić information content (AvgIpc) is 3.29. The number of carbonyl (C=O) groups excluding carboxylic acids is 1. The number of furan rings is 1. The Balaban J connectivity index is 2.10. The molecule has 0 saturated carbocycles. The van der Waals surface area contributed by atoms with Crippen LogP contribution in [0.1, 0.15) is 11.5 Å². The molecule has 2 aromatic heterocycles. The molecule has 0 radical (unpaired) electrons. The number of oxime groups is 1. The van der Waals surface area contributed by atoms with Crippen molar-refractivity contribution in [1.29, 1.82) is 0 Å². The average molecular weight is 371 g/mol. The van der Waals surface area contributed by atoms with Gasteiger partial charge in [-0.15, -0.1) is 0 Å². The van der Waals surface area contributed by atoms with E-state index in [1.165, 1.54) is 25.4 Å². The molecule has 0 aliphatic carbocycles. The van der Waals surface area contributed by atoms with E-state index in [4.69, 9.17) is 22.2 Å². The Hall–Kier alpha value is -2.57. The Kier molecular flexibility index (Phi) is 7.75. The summed E-state index contributed by atoms with van der Waals surface area (Å²) in [6.07, 6.45) is 2.09. The summed E-state index contributed by atoms with van der Waals surface area (Å²) in [4.78, 5) is 17.6. The molecule has 2 aromatic rings. The number of nitrogens with one attached hydrogen (secondary N) is 1. The molecule has 1 N–H and O–H groups in total. The molecule has 0 spiro atoms. The van der Waals surface area contributed by atoms with Gasteiger partial charge in [-0.05, 0) is 22.4 Å². The zero-order chi connectivity index (χ0) is 17.9. The predicted molar refractivity (Wildman–Crippen MR) is 87.2 cm³/mol. The van der Waals surface area contributed by atoms with Crippen LogP contribution in [0.15, 0.2) is 32.6 Å². The number of hydrogen-bond acceptors (Lipinski definition) is 11. The highest BCUT2D eigenvalue weighted by Crippen LogP contribution is 2.15. The molecule has 1 amide bonds. The molecular formula is C13H17N5O6S. The summed E-state index contributed by atoms with van der Waals surface area (Å²) in [7, 11) is 2.85. The van der Waals surface area contributed by atoms with Gasteiger partial charge in [0, 0.05) is 6.54 Å². The van der Waals surface area contributed by atoms with Crippen molar-refractivity contribution in [3.8, 4) is 0 Å². The minimum absolute atomic E-state index is 0.116. The van der Waals surface area contributed by atoms with Gasteiger partial charge in [0.15, 0.2) is 18.0 Å². The van der Waals surface area contributed by atoms with Crippen LogP contribution in [0, 0.1) is 0 Å². The fourth-order valence-electron chi connectivity index (χ4n) is 1.80. The van der Waals surface area contributed by atoms with E-state index in [0.717, 1.165) is 12.3 Å². The van der Waals surface area contributed by atoms with Gasteiger partial charge in [0.2, 0.25) is 18.1 Å². The molecule has 0 saturated heterocycles. The summed E-state index contributed by atoms with van der Waals surface area (Å²) in [6.45, 7) is 0.876. The molecular weight excluding hydrogens is 354 g/mol. The van der Waals surface area contributed by atoms with Crippen LogP contribution >= 0.6 is 12.3 Å². The SMILES string of the molecule is CO/N=C(/c1nonc1NCCOSOC)N(C=O)Cc1ccco1. The van der Waals surface area contributed by atoms with Crippen molar-refractivity contribution < 1.29 is 27.0 Å². The number of hydrogen-bond donors (Lipinski definition) is 1. The first kappa shape index (κ1) is 18.8. The second-order valence-corrected chi connectivity index (χ2v) is 5.06. The first-order valence-electron chi connectivity index (χ1n) is 7.04. The Morgan fingerprint density at radius 3 is 3.04 bits per heavy atom. The highest BCUT2D eigenvalue weighted by molar-refractivity contribution is 7.89. The first-order chi connectivity index (χ1) is 12.3. The second kappa shape index (κ2) is 10.3. The van der Waals surface area contributed by atoms with E-state index in [2.05, 4.69) is 20.8 Å². The number of aromatic nitrogens is 2. The molecule has 0 aromatic carbocycles. The van der Waals surface area contributed by atoms with Crippen molar-refractivity contribution >= 4 is 30.4 Å². The van der Waals surface area contributed by atoms with E-state index >= 15 is 0 Å². The largest absolute Gasteiger partial charge is 0.467 e. The summed E-state index contributed by atoms with van der Waals surface area (Å²) >= 11 is 0.866. The van der Waals surface area contributed by atoms with E-state index in [9.17, 15) is 4.79 Å². The zero-order valence-electron chi connectivity index (χ0n) is 13.6. The lowest BCUT2D eigenvalue weighted by Gasteiger charge is -2.16. The molecule has 136 valence electrons. The van der Waals surface area contributed by atoms with Crippen LogP contribution in [0.4, 0.5) is 5.82 Å². The number of carbonyl (C=O) groups is 1. The van der Waals surface area contributed by atoms with Crippen LogP contribution in [0.5, 0.6) is 0 Å². The van der Waals surface area contributed by atoms with Crippen LogP contribution in [-0.2, 0) is 24.5 Å². The van der Waals surface area contributed by atoms with Crippen molar-refractivity contribution in [2.75, 3.05) is 32.7 Å². The Labute approximate surface area is 147 Å². The monoisotopic (exact) mass is 371 g/mol. The van der Waals surface area contributed by atoms with E-state index < -0.39 is 0 Å². The third-order valence-corrected chi connectivity index (χ3v) is 3.18. The molecule has 12 heteroatoms. The molecule has 0 fully saturated rings. The summed E-state index contributed by atoms with van der Waals surface area (Å²) in [5, 5.41) is 14.4. The lowest BCUT2D eigenvalue weighted by molar-refractivity contribution is -0.115. The third kappa shape index (κ3) is 5.48. The van der Waals surface area contributed by atoms with Gasteiger partial charge < -0.3 is 14.6 Å². The maximum absolute atomic E-state index is 11.5. The van der Waals surface area contributed by atoms with Crippen molar-refractivity contribution in [2.45, 2.75) is 6.54 Å². The quantitative estimate of drug-likeness (QED) is 0.154. The van der Waals surface area contributed by atoms with Gasteiger partial charge in [-0.25, -0.2) is 4.63 Å². The predicted octanol–water partition coefficient (Wildman–Crippen LogP) is 1.27. The summed E-state index contributed by atoms with van der Waals surface area (Å²) < 4.78 is 19.8. The van der Waals surface area contributed by atoms with Gasteiger partial charge >= 0.3 is 0 Å². The minimum atomic E-state index is 0.116. The molecule has 0 aliphatic heterocycles. The van der Waals surface area contributed by atoms with E-state index in [-0.39, 0.29) is 23.9 Å². The molecule has 2 heterocycles. The summed E-state index contributed by atoms with van der Waals surface area (Å²) in [5.74, 6) is 0.963. The fraction of sp³-hybridized carbons (Fsp3) is 0.385. The topological polar surface area (TPSA) is 124 Å². The van der Waals surface area contributed by atoms with Gasteiger partial charge in [-0.3, -0.25) is 18.1 Å². The van der Waals surface area contributed by atoms with Crippen molar-refractivity contribution in [3.05, 3.63) is 29.9 Å². The van der Waals surface area contributed by atoms with Gasteiger partial charge in [0.25, 0.3) is 0 Å². The Bertz CT molecular complexity index is 662. The van der Waals surface area contributed by atoms with Crippen molar-refractivity contribution in [3.63, 3.8) is 0 Å². The van der Waals surface area contributed by atoms with Crippen LogP contribution < -0.4 is 5.32 Å². The summed E-state index contributed by atoms with van der Waals surface area (Å²) in [5.41, 5.74) is 0.208. The summed E-state index contributed by atoms with van der Waals surface area (Å²) in [6, 6.07) is 3.44. The van der Waals surface area contributed by atoms with Crippen molar-refractivity contribution in [1.82, 2.24) is 15.2 Å². The normalized spacial score (nSPS) is 11.4. The lowest BCUT2D eigenvalue weighted by Crippen LogP contribution is -2.31. The highest BCUT2D eigenvalue weighted by Gasteiger charge is 2.24. The van der Waals surface area contributed by atoms with Gasteiger partial charge in [-0.2, -0.15) is 0 Å². The molecule has 25 heavy (non-hydrogen) atoms. The van der Waals surface area contributed by atoms with Crippen LogP contribution in [0.2, 0.25) is 0 Å². The molecule has 0 aliphatic rings. The maximum Gasteiger partial charge on any atom is 0.215 e. The van der Waals surface area contributed by atoms with Crippen LogP contribution in [-0.4, -0.2) is 54.8 Å². The number of nitrogens with zero attached hydrogens (tertiary/aromatic N) is 4. The van der Waals surface area contributed by atoms with E-state index in [0.29, 0.717) is 25.3 Å². The zero-order valence-corrected chi connectivity index (χ0v) is 14.4. The fourth-order valence-corrected chi connectivity index (χ4v) is 2.04. The lowest BCUT2D eigenvalue weighted by atomic mass is 10.3. The Morgan fingerprint density at radius 2 is 2.36 bits per heavy atom. The standard InChI is InChI=1S/C13H17N5O6S/c1-20-17-13(18(9-19)8-10-4-3-6-22-10)11-12(16-24-15-11)14-5-7-23-25-21-2/h3-4,6,9H,5,7-8H2,1-2H3,(H,14,16)/b17-13-. The molecule has 0 bridgehead atoms. The maximum atomic E-state index is 11.5. The smallest absolute Gasteiger partial charge is 0.215 e. The van der Waals surface area contributed by atoms with Crippen LogP contribution in [0.25, 0.3) is 0 Å². The molecule has 2 rings (SSSR count). The number of amidine groups is 1. The Morgan fingerprint density at radius 1 is 1.48 bits per heavy atom. The van der Waals surface area contributed by atoms with E-state index in [1.54, 1.807) is 12.1 Å².